The fraction of sp³-hybridized carbons (Fsp3) is 0.545. The van der Waals surface area contributed by atoms with Crippen LogP contribution in [-0.4, -0.2) is 33.4 Å². The van der Waals surface area contributed by atoms with Gasteiger partial charge in [0, 0.05) is 12.0 Å². The molecule has 1 aromatic heterocycles. The summed E-state index contributed by atoms with van der Waals surface area (Å²) in [6, 6.07) is 0. The summed E-state index contributed by atoms with van der Waals surface area (Å²) in [6.07, 6.45) is 1.65. The number of hydrogen-bond acceptors (Lipinski definition) is 4. The summed E-state index contributed by atoms with van der Waals surface area (Å²) < 4.78 is 0. The van der Waals surface area contributed by atoms with Crippen LogP contribution in [0.4, 0.5) is 0 Å². The number of nitrogens with zero attached hydrogens (tertiary/aromatic N) is 2. The lowest BCUT2D eigenvalue weighted by molar-refractivity contribution is -0.118. The maximum atomic E-state index is 11.3. The number of rotatable bonds is 5. The van der Waals surface area contributed by atoms with Crippen LogP contribution in [0, 0.1) is 0 Å². The van der Waals surface area contributed by atoms with Gasteiger partial charge in [-0.05, 0) is 0 Å². The van der Waals surface area contributed by atoms with Gasteiger partial charge in [-0.15, -0.1) is 11.7 Å². The van der Waals surface area contributed by atoms with Crippen molar-refractivity contribution in [1.29, 1.82) is 0 Å². The van der Waals surface area contributed by atoms with E-state index in [9.17, 15) is 4.79 Å². The van der Waals surface area contributed by atoms with Gasteiger partial charge >= 0.3 is 0 Å². The molecular weight excluding hydrogens is 236 g/mol. The maximum absolute atomic E-state index is 11.3. The molecule has 5 nitrogen and oxygen atoms in total. The highest BCUT2D eigenvalue weighted by Crippen LogP contribution is 2.20. The molecule has 94 valence electrons. The predicted molar refractivity (Wildman–Crippen MR) is 69.0 cm³/mol. The largest absolute Gasteiger partial charge is 0.352 e. The molecule has 0 aliphatic rings. The van der Waals surface area contributed by atoms with Gasteiger partial charge in [-0.1, -0.05) is 38.6 Å². The van der Waals surface area contributed by atoms with Crippen LogP contribution in [0.5, 0.6) is 0 Å². The molecule has 1 aromatic rings. The third-order valence-electron chi connectivity index (χ3n) is 1.95. The van der Waals surface area contributed by atoms with Gasteiger partial charge in [0.15, 0.2) is 0 Å². The second kappa shape index (κ2) is 5.86. The average Bonchev–Trinajstić information content (AvgIpc) is 2.71. The van der Waals surface area contributed by atoms with Crippen LogP contribution < -0.4 is 5.32 Å². The molecule has 0 aromatic carbocycles. The Hall–Kier alpha value is -1.30. The van der Waals surface area contributed by atoms with Crippen molar-refractivity contribution in [3.63, 3.8) is 0 Å². The third kappa shape index (κ3) is 4.60. The molecule has 0 aliphatic heterocycles. The Bertz CT molecular complexity index is 394. The van der Waals surface area contributed by atoms with Crippen molar-refractivity contribution >= 4 is 17.7 Å². The Kier molecular flexibility index (Phi) is 4.74. The van der Waals surface area contributed by atoms with E-state index < -0.39 is 0 Å². The number of hydrogen-bond donors (Lipinski definition) is 2. The summed E-state index contributed by atoms with van der Waals surface area (Å²) in [5.74, 6) is 1.10. The monoisotopic (exact) mass is 254 g/mol. The van der Waals surface area contributed by atoms with Gasteiger partial charge in [-0.25, -0.2) is 4.98 Å². The summed E-state index contributed by atoms with van der Waals surface area (Å²) in [4.78, 5) is 15.7. The zero-order valence-electron chi connectivity index (χ0n) is 10.4. The molecule has 0 spiro atoms. The zero-order valence-corrected chi connectivity index (χ0v) is 11.2. The molecular formula is C11H18N4OS. The average molecular weight is 254 g/mol. The first-order valence-corrected chi connectivity index (χ1v) is 6.35. The van der Waals surface area contributed by atoms with Crippen molar-refractivity contribution in [3.8, 4) is 0 Å². The molecule has 0 atom stereocenters. The van der Waals surface area contributed by atoms with E-state index in [2.05, 4.69) is 47.8 Å². The third-order valence-corrected chi connectivity index (χ3v) is 2.80. The number of carbonyl (C=O) groups is 1. The highest BCUT2D eigenvalue weighted by molar-refractivity contribution is 7.99. The van der Waals surface area contributed by atoms with Gasteiger partial charge in [0.05, 0.1) is 5.75 Å². The molecule has 1 amide bonds. The Morgan fingerprint density at radius 3 is 2.82 bits per heavy atom. The lowest BCUT2D eigenvalue weighted by atomic mass is 9.96. The van der Waals surface area contributed by atoms with Gasteiger partial charge in [0.2, 0.25) is 11.1 Å². The van der Waals surface area contributed by atoms with Crippen molar-refractivity contribution < 1.29 is 4.79 Å². The standard InChI is InChI=1S/C11H18N4OS/c1-5-6-12-8(16)7-17-10-13-9(14-15-10)11(2,3)4/h5H,1,6-7H2,2-4H3,(H,12,16)(H,13,14,15). The highest BCUT2D eigenvalue weighted by Gasteiger charge is 2.18. The number of carbonyl (C=O) groups excluding carboxylic acids is 1. The molecule has 0 saturated heterocycles. The van der Waals surface area contributed by atoms with Crippen LogP contribution >= 0.6 is 11.8 Å². The summed E-state index contributed by atoms with van der Waals surface area (Å²) in [6.45, 7) is 10.2. The van der Waals surface area contributed by atoms with E-state index in [4.69, 9.17) is 0 Å². The van der Waals surface area contributed by atoms with Gasteiger partial charge in [0.1, 0.15) is 5.82 Å². The van der Waals surface area contributed by atoms with Crippen LogP contribution in [0.25, 0.3) is 0 Å². The first-order valence-electron chi connectivity index (χ1n) is 5.36. The van der Waals surface area contributed by atoms with Gasteiger partial charge in [0.25, 0.3) is 0 Å². The SMILES string of the molecule is C=CCNC(=O)CSc1n[nH]c(C(C)(C)C)n1. The molecule has 0 radical (unpaired) electrons. The second-order valence-corrected chi connectivity index (χ2v) is 5.54. The number of aromatic amines is 1. The van der Waals surface area contributed by atoms with Gasteiger partial charge < -0.3 is 5.32 Å². The van der Waals surface area contributed by atoms with E-state index in [1.54, 1.807) is 6.08 Å². The molecule has 0 saturated carbocycles. The van der Waals surface area contributed by atoms with Crippen LogP contribution in [0.3, 0.4) is 0 Å². The highest BCUT2D eigenvalue weighted by atomic mass is 32.2. The summed E-state index contributed by atoms with van der Waals surface area (Å²) in [7, 11) is 0. The molecule has 0 fully saturated rings. The van der Waals surface area contributed by atoms with E-state index in [1.165, 1.54) is 11.8 Å². The minimum atomic E-state index is -0.0586. The van der Waals surface area contributed by atoms with Crippen LogP contribution in [0.1, 0.15) is 26.6 Å². The zero-order chi connectivity index (χ0) is 12.9. The van der Waals surface area contributed by atoms with E-state index in [0.717, 1.165) is 5.82 Å². The second-order valence-electron chi connectivity index (χ2n) is 4.60. The molecule has 1 rings (SSSR count). The molecule has 0 unspecified atom stereocenters. The minimum absolute atomic E-state index is 0.0444. The fourth-order valence-electron chi connectivity index (χ4n) is 1.01. The summed E-state index contributed by atoms with van der Waals surface area (Å²) >= 11 is 1.32. The number of nitrogens with one attached hydrogen (secondary N) is 2. The lowest BCUT2D eigenvalue weighted by Crippen LogP contribution is -2.24. The summed E-state index contributed by atoms with van der Waals surface area (Å²) in [5, 5.41) is 10.2. The van der Waals surface area contributed by atoms with Crippen LogP contribution in [0.15, 0.2) is 17.8 Å². The van der Waals surface area contributed by atoms with Crippen molar-refractivity contribution in [2.75, 3.05) is 12.3 Å². The van der Waals surface area contributed by atoms with Crippen molar-refractivity contribution in [3.05, 3.63) is 18.5 Å². The molecule has 0 bridgehead atoms. The van der Waals surface area contributed by atoms with Crippen molar-refractivity contribution in [2.45, 2.75) is 31.3 Å². The Balaban J connectivity index is 2.45. The minimum Gasteiger partial charge on any atom is -0.352 e. The number of thioether (sulfide) groups is 1. The number of aromatic nitrogens is 3. The van der Waals surface area contributed by atoms with E-state index >= 15 is 0 Å². The topological polar surface area (TPSA) is 70.7 Å². The first kappa shape index (κ1) is 13.8. The van der Waals surface area contributed by atoms with E-state index in [-0.39, 0.29) is 11.3 Å². The Morgan fingerprint density at radius 1 is 1.59 bits per heavy atom. The lowest BCUT2D eigenvalue weighted by Gasteiger charge is -2.12. The first-order chi connectivity index (χ1) is 7.93. The van der Waals surface area contributed by atoms with Crippen molar-refractivity contribution in [2.24, 2.45) is 0 Å². The van der Waals surface area contributed by atoms with E-state index in [0.29, 0.717) is 17.5 Å². The van der Waals surface area contributed by atoms with Gasteiger partial charge in [-0.2, -0.15) is 0 Å². The summed E-state index contributed by atoms with van der Waals surface area (Å²) in [5.41, 5.74) is -0.0586. The predicted octanol–water partition coefficient (Wildman–Crippen LogP) is 1.50. The smallest absolute Gasteiger partial charge is 0.230 e. The Morgan fingerprint density at radius 2 is 2.29 bits per heavy atom. The molecule has 6 heteroatoms. The number of amides is 1. The van der Waals surface area contributed by atoms with Crippen LogP contribution in [-0.2, 0) is 10.2 Å². The van der Waals surface area contributed by atoms with Crippen LogP contribution in [0.2, 0.25) is 0 Å². The normalized spacial score (nSPS) is 11.2. The molecule has 2 N–H and O–H groups in total. The molecule has 17 heavy (non-hydrogen) atoms. The number of H-pyrrole nitrogens is 1. The fourth-order valence-corrected chi connectivity index (χ4v) is 1.64. The molecule has 0 aliphatic carbocycles. The van der Waals surface area contributed by atoms with Crippen molar-refractivity contribution in [1.82, 2.24) is 20.5 Å². The molecule has 1 heterocycles. The maximum Gasteiger partial charge on any atom is 0.230 e. The Labute approximate surface area is 105 Å². The van der Waals surface area contributed by atoms with Gasteiger partial charge in [-0.3, -0.25) is 9.89 Å². The van der Waals surface area contributed by atoms with E-state index in [1.807, 2.05) is 0 Å². The quantitative estimate of drug-likeness (QED) is 0.617.